The van der Waals surface area contributed by atoms with Gasteiger partial charge in [-0.3, -0.25) is 9.69 Å². The van der Waals surface area contributed by atoms with Gasteiger partial charge in [0.2, 0.25) is 5.95 Å². The van der Waals surface area contributed by atoms with E-state index in [0.29, 0.717) is 48.3 Å². The van der Waals surface area contributed by atoms with Crippen molar-refractivity contribution in [3.8, 4) is 5.82 Å². The first-order chi connectivity index (χ1) is 24.3. The van der Waals surface area contributed by atoms with Gasteiger partial charge in [-0.1, -0.05) is 12.1 Å². The lowest BCUT2D eigenvalue weighted by Crippen LogP contribution is -2.47. The number of nitrogens with zero attached hydrogens (tertiary/aromatic N) is 7. The summed E-state index contributed by atoms with van der Waals surface area (Å²) in [7, 11) is 0. The number of ether oxygens (including phenoxy) is 3. The van der Waals surface area contributed by atoms with E-state index in [1.54, 1.807) is 42.8 Å². The highest BCUT2D eigenvalue weighted by atomic mass is 16.6. The van der Waals surface area contributed by atoms with Crippen LogP contribution in [0.15, 0.2) is 66.1 Å². The van der Waals surface area contributed by atoms with E-state index < -0.39 is 11.2 Å². The minimum Gasteiger partial charge on any atom is -0.458 e. The third-order valence-corrected chi connectivity index (χ3v) is 8.19. The molecule has 0 unspecified atom stereocenters. The number of piperazine rings is 1. The van der Waals surface area contributed by atoms with Crippen LogP contribution in [0.5, 0.6) is 0 Å². The first kappa shape index (κ1) is 37.6. The number of carbonyl (C=O) groups is 1. The van der Waals surface area contributed by atoms with E-state index >= 15 is 0 Å². The lowest BCUT2D eigenvalue weighted by Gasteiger charge is -2.36. The van der Waals surface area contributed by atoms with E-state index in [2.05, 4.69) is 43.8 Å². The van der Waals surface area contributed by atoms with Gasteiger partial charge in [0.1, 0.15) is 23.2 Å². The molecule has 0 atom stereocenters. The maximum Gasteiger partial charge on any atom is 0.332 e. The summed E-state index contributed by atoms with van der Waals surface area (Å²) < 4.78 is 19.5. The molecule has 1 aromatic carbocycles. The molecule has 51 heavy (non-hydrogen) atoms. The lowest BCUT2D eigenvalue weighted by atomic mass is 10.1. The molecule has 2 N–H and O–H groups in total. The van der Waals surface area contributed by atoms with Crippen LogP contribution in [0.4, 0.5) is 17.3 Å². The molecule has 0 spiro atoms. The minimum absolute atomic E-state index is 0.0401. The Labute approximate surface area is 298 Å². The zero-order valence-electron chi connectivity index (χ0n) is 30.3. The van der Waals surface area contributed by atoms with E-state index in [1.165, 1.54) is 10.9 Å². The zero-order valence-corrected chi connectivity index (χ0v) is 30.3. The first-order valence-electron chi connectivity index (χ1n) is 17.3. The maximum atomic E-state index is 13.3. The number of fused-ring (bicyclic) bond motifs is 1. The number of nitrogens with one attached hydrogen (secondary N) is 1. The summed E-state index contributed by atoms with van der Waals surface area (Å²) in [6.07, 6.45) is 3.88. The minimum atomic E-state index is -1.16. The molecule has 274 valence electrons. The van der Waals surface area contributed by atoms with Gasteiger partial charge in [0.05, 0.1) is 18.8 Å². The van der Waals surface area contributed by atoms with Crippen LogP contribution in [0.1, 0.15) is 46.7 Å². The van der Waals surface area contributed by atoms with Crippen molar-refractivity contribution in [3.05, 3.63) is 77.4 Å². The Hall–Kier alpha value is -4.63. The first-order valence-corrected chi connectivity index (χ1v) is 17.3. The van der Waals surface area contributed by atoms with Crippen molar-refractivity contribution in [1.82, 2.24) is 29.2 Å². The summed E-state index contributed by atoms with van der Waals surface area (Å²) in [6.45, 7) is 19.1. The van der Waals surface area contributed by atoms with Crippen LogP contribution in [0.25, 0.3) is 16.9 Å². The molecule has 0 amide bonds. The Bertz CT molecular complexity index is 1830. The number of aromatic nitrogens is 5. The Kier molecular flexibility index (Phi) is 12.2. The molecule has 0 radical (unpaired) electrons. The summed E-state index contributed by atoms with van der Waals surface area (Å²) in [5.74, 6) is 0.431. The number of anilines is 3. The number of carbonyl (C=O) groups excluding carboxylic acids is 1. The summed E-state index contributed by atoms with van der Waals surface area (Å²) in [4.78, 5) is 43.6. The van der Waals surface area contributed by atoms with Gasteiger partial charge in [-0.05, 0) is 77.4 Å². The molecule has 1 aliphatic heterocycles. The number of rotatable bonds is 16. The van der Waals surface area contributed by atoms with E-state index in [4.69, 9.17) is 19.2 Å². The van der Waals surface area contributed by atoms with Crippen molar-refractivity contribution >= 4 is 34.3 Å². The molecule has 5 rings (SSSR count). The third-order valence-electron chi connectivity index (χ3n) is 8.19. The van der Waals surface area contributed by atoms with Gasteiger partial charge in [0.25, 0.3) is 5.56 Å². The van der Waals surface area contributed by atoms with Gasteiger partial charge >= 0.3 is 5.97 Å². The van der Waals surface area contributed by atoms with E-state index in [0.717, 1.165) is 50.5 Å². The number of benzene rings is 1. The highest BCUT2D eigenvalue weighted by molar-refractivity contribution is 5.77. The van der Waals surface area contributed by atoms with Crippen LogP contribution in [0, 0.1) is 0 Å². The molecule has 1 aliphatic rings. The number of allylic oxidation sites excluding steroid dienone is 1. The molecule has 14 nitrogen and oxygen atoms in total. The predicted octanol–water partition coefficient (Wildman–Crippen LogP) is 4.02. The van der Waals surface area contributed by atoms with E-state index in [1.807, 2.05) is 32.9 Å². The SMILES string of the molecule is C=CCn1c(=O)c2cnc(Nc3ccc(N4CCN(CCOCCCOCC(=O)OC(C)(C)C)CC4)cc3)nc2n1-c1cccc(C(C)(C)O)n1. The maximum absolute atomic E-state index is 13.3. The molecule has 1 fully saturated rings. The van der Waals surface area contributed by atoms with E-state index in [9.17, 15) is 14.7 Å². The monoisotopic (exact) mass is 702 g/mol. The fourth-order valence-electron chi connectivity index (χ4n) is 5.69. The Balaban J connectivity index is 1.12. The molecule has 0 bridgehead atoms. The normalized spacial score (nSPS) is 14.2. The average Bonchev–Trinajstić information content (AvgIpc) is 3.35. The molecule has 1 saturated heterocycles. The summed E-state index contributed by atoms with van der Waals surface area (Å²) in [5.41, 5.74) is 0.873. The molecule has 14 heteroatoms. The molecular formula is C37H50N8O6. The highest BCUT2D eigenvalue weighted by Crippen LogP contribution is 2.24. The fourth-order valence-corrected chi connectivity index (χ4v) is 5.69. The quantitative estimate of drug-likeness (QED) is 0.0987. The average molecular weight is 703 g/mol. The van der Waals surface area contributed by atoms with Crippen LogP contribution in [-0.4, -0.2) is 105 Å². The van der Waals surface area contributed by atoms with Crippen LogP contribution in [0.3, 0.4) is 0 Å². The zero-order chi connectivity index (χ0) is 36.6. The lowest BCUT2D eigenvalue weighted by molar-refractivity contribution is -0.160. The van der Waals surface area contributed by atoms with Gasteiger partial charge in [-0.25, -0.2) is 24.1 Å². The number of hydrogen-bond acceptors (Lipinski definition) is 12. The molecular weight excluding hydrogens is 652 g/mol. The Morgan fingerprint density at radius 2 is 1.71 bits per heavy atom. The van der Waals surface area contributed by atoms with Crippen molar-refractivity contribution < 1.29 is 24.1 Å². The molecule has 3 aromatic heterocycles. The fraction of sp³-hybridized carbons (Fsp3) is 0.486. The second kappa shape index (κ2) is 16.6. The van der Waals surface area contributed by atoms with Crippen molar-refractivity contribution in [2.75, 3.05) is 69.4 Å². The summed E-state index contributed by atoms with van der Waals surface area (Å²) in [5, 5.41) is 14.2. The van der Waals surface area contributed by atoms with Crippen molar-refractivity contribution in [3.63, 3.8) is 0 Å². The Morgan fingerprint density at radius 1 is 0.980 bits per heavy atom. The predicted molar refractivity (Wildman–Crippen MR) is 197 cm³/mol. The Morgan fingerprint density at radius 3 is 2.39 bits per heavy atom. The second-order valence-corrected chi connectivity index (χ2v) is 14.0. The van der Waals surface area contributed by atoms with Crippen molar-refractivity contribution in [2.24, 2.45) is 0 Å². The third kappa shape index (κ3) is 10.2. The van der Waals surface area contributed by atoms with Crippen molar-refractivity contribution in [2.45, 2.75) is 58.8 Å². The number of esters is 1. The van der Waals surface area contributed by atoms with Gasteiger partial charge in [-0.2, -0.15) is 4.98 Å². The van der Waals surface area contributed by atoms with Gasteiger partial charge in [0, 0.05) is 63.5 Å². The second-order valence-electron chi connectivity index (χ2n) is 14.0. The number of hydrogen-bond donors (Lipinski definition) is 2. The number of pyridine rings is 1. The molecule has 0 aliphatic carbocycles. The smallest absolute Gasteiger partial charge is 0.332 e. The largest absolute Gasteiger partial charge is 0.458 e. The summed E-state index contributed by atoms with van der Waals surface area (Å²) >= 11 is 0. The van der Waals surface area contributed by atoms with E-state index in [-0.39, 0.29) is 24.7 Å². The van der Waals surface area contributed by atoms with Gasteiger partial charge < -0.3 is 29.5 Å². The van der Waals surface area contributed by atoms with Crippen LogP contribution >= 0.6 is 0 Å². The highest BCUT2D eigenvalue weighted by Gasteiger charge is 2.22. The summed E-state index contributed by atoms with van der Waals surface area (Å²) in [6, 6.07) is 13.4. The molecule has 4 heterocycles. The number of aliphatic hydroxyl groups is 1. The molecule has 4 aromatic rings. The van der Waals surface area contributed by atoms with Gasteiger partial charge in [0.15, 0.2) is 11.5 Å². The van der Waals surface area contributed by atoms with Crippen LogP contribution in [-0.2, 0) is 31.2 Å². The van der Waals surface area contributed by atoms with Gasteiger partial charge in [-0.15, -0.1) is 6.58 Å². The molecule has 0 saturated carbocycles. The van der Waals surface area contributed by atoms with Crippen LogP contribution < -0.4 is 15.8 Å². The topological polar surface area (TPSA) is 149 Å². The van der Waals surface area contributed by atoms with Crippen LogP contribution in [0.2, 0.25) is 0 Å². The van der Waals surface area contributed by atoms with Crippen molar-refractivity contribution in [1.29, 1.82) is 0 Å². The standard InChI is InChI=1S/C37H50N8O6/c1-7-16-44-34(47)29-25-38-35(41-33(29)45(44)31-11-8-10-30(40-31)37(5,6)48)39-27-12-14-28(15-13-27)43-19-17-42(18-20-43)21-24-49-22-9-23-50-26-32(46)51-36(2,3)4/h7-8,10-15,25,48H,1,9,16-24,26H2,2-6H3,(H,38,39,41).